The molecular formula is C21H14FN3O2S. The molecule has 1 heterocycles. The van der Waals surface area contributed by atoms with E-state index in [1.54, 1.807) is 30.3 Å². The number of nitrogens with one attached hydrogen (secondary N) is 2. The van der Waals surface area contributed by atoms with Crippen LogP contribution in [0.3, 0.4) is 0 Å². The first-order valence-electron chi connectivity index (χ1n) is 8.45. The standard InChI is InChI=1S/C21H14FN3O2S/c22-16-8-4-5-9-17(16)23-19(26)13-10-11-15-18(12-13)24-21(28)25(20(15)27)14-6-2-1-3-7-14/h1-12H,(H,23,26)(H,24,28). The second-order valence-corrected chi connectivity index (χ2v) is 6.49. The van der Waals surface area contributed by atoms with Crippen LogP contribution in [-0.2, 0) is 0 Å². The van der Waals surface area contributed by atoms with Crippen molar-refractivity contribution < 1.29 is 9.18 Å². The van der Waals surface area contributed by atoms with Gasteiger partial charge in [0.1, 0.15) is 5.82 Å². The highest BCUT2D eigenvalue weighted by Gasteiger charge is 2.12. The van der Waals surface area contributed by atoms with E-state index in [-0.39, 0.29) is 21.6 Å². The Morgan fingerprint density at radius 1 is 1.00 bits per heavy atom. The number of halogens is 1. The number of hydrogen-bond acceptors (Lipinski definition) is 3. The molecule has 0 spiro atoms. The van der Waals surface area contributed by atoms with Gasteiger partial charge in [-0.2, -0.15) is 0 Å². The molecule has 0 aliphatic heterocycles. The summed E-state index contributed by atoms with van der Waals surface area (Å²) in [5, 5.41) is 2.91. The average molecular weight is 391 g/mol. The van der Waals surface area contributed by atoms with Crippen LogP contribution in [0.2, 0.25) is 0 Å². The number of nitrogens with zero attached hydrogens (tertiary/aromatic N) is 1. The maximum atomic E-state index is 13.8. The third-order valence-electron chi connectivity index (χ3n) is 4.30. The third kappa shape index (κ3) is 3.23. The highest BCUT2D eigenvalue weighted by Crippen LogP contribution is 2.17. The number of rotatable bonds is 3. The van der Waals surface area contributed by atoms with Crippen molar-refractivity contribution in [2.45, 2.75) is 0 Å². The van der Waals surface area contributed by atoms with E-state index in [0.29, 0.717) is 16.6 Å². The van der Waals surface area contributed by atoms with Crippen LogP contribution in [0.25, 0.3) is 16.6 Å². The lowest BCUT2D eigenvalue weighted by molar-refractivity contribution is 0.102. The predicted octanol–water partition coefficient (Wildman–Crippen LogP) is 4.44. The molecule has 4 aromatic rings. The van der Waals surface area contributed by atoms with Crippen molar-refractivity contribution in [1.82, 2.24) is 9.55 Å². The number of carbonyl (C=O) groups is 1. The Bertz CT molecular complexity index is 1310. The zero-order chi connectivity index (χ0) is 19.7. The number of benzene rings is 3. The first-order chi connectivity index (χ1) is 13.5. The van der Waals surface area contributed by atoms with Crippen LogP contribution in [0.4, 0.5) is 10.1 Å². The first kappa shape index (κ1) is 17.8. The second kappa shape index (κ2) is 7.21. The Kier molecular flexibility index (Phi) is 4.58. The molecule has 0 unspecified atom stereocenters. The topological polar surface area (TPSA) is 66.9 Å². The van der Waals surface area contributed by atoms with Gasteiger partial charge in [-0.3, -0.25) is 14.2 Å². The van der Waals surface area contributed by atoms with E-state index < -0.39 is 11.7 Å². The molecule has 0 aliphatic carbocycles. The van der Waals surface area contributed by atoms with Crippen molar-refractivity contribution in [3.05, 3.63) is 99.3 Å². The molecule has 2 N–H and O–H groups in total. The fourth-order valence-electron chi connectivity index (χ4n) is 2.93. The summed E-state index contributed by atoms with van der Waals surface area (Å²) >= 11 is 5.34. The lowest BCUT2D eigenvalue weighted by Gasteiger charge is -2.10. The van der Waals surface area contributed by atoms with Gasteiger partial charge in [-0.1, -0.05) is 30.3 Å². The van der Waals surface area contributed by atoms with Crippen molar-refractivity contribution >= 4 is 34.7 Å². The van der Waals surface area contributed by atoms with Crippen LogP contribution < -0.4 is 10.9 Å². The molecule has 0 bridgehead atoms. The minimum atomic E-state index is -0.526. The second-order valence-electron chi connectivity index (χ2n) is 6.10. The van der Waals surface area contributed by atoms with Crippen LogP contribution >= 0.6 is 12.2 Å². The Morgan fingerprint density at radius 2 is 1.71 bits per heavy atom. The highest BCUT2D eigenvalue weighted by molar-refractivity contribution is 7.71. The van der Waals surface area contributed by atoms with E-state index in [1.807, 2.05) is 18.2 Å². The maximum Gasteiger partial charge on any atom is 0.266 e. The summed E-state index contributed by atoms with van der Waals surface area (Å²) in [4.78, 5) is 28.4. The predicted molar refractivity (Wildman–Crippen MR) is 109 cm³/mol. The number of hydrogen-bond donors (Lipinski definition) is 2. The molecule has 0 saturated carbocycles. The van der Waals surface area contributed by atoms with Crippen molar-refractivity contribution in [1.29, 1.82) is 0 Å². The zero-order valence-electron chi connectivity index (χ0n) is 14.5. The van der Waals surface area contributed by atoms with E-state index >= 15 is 0 Å². The molecule has 3 aromatic carbocycles. The zero-order valence-corrected chi connectivity index (χ0v) is 15.3. The molecule has 1 aromatic heterocycles. The van der Waals surface area contributed by atoms with Crippen molar-refractivity contribution in [3.8, 4) is 5.69 Å². The van der Waals surface area contributed by atoms with Gasteiger partial charge in [0.15, 0.2) is 4.77 Å². The van der Waals surface area contributed by atoms with Gasteiger partial charge in [-0.15, -0.1) is 0 Å². The normalized spacial score (nSPS) is 10.8. The van der Waals surface area contributed by atoms with E-state index in [0.717, 1.165) is 0 Å². The molecule has 138 valence electrons. The number of anilines is 1. The number of aromatic amines is 1. The summed E-state index contributed by atoms with van der Waals surface area (Å²) in [6, 6.07) is 19.6. The van der Waals surface area contributed by atoms with E-state index in [9.17, 15) is 14.0 Å². The molecule has 0 aliphatic rings. The van der Waals surface area contributed by atoms with Gasteiger partial charge in [0.25, 0.3) is 11.5 Å². The first-order valence-corrected chi connectivity index (χ1v) is 8.86. The summed E-state index contributed by atoms with van der Waals surface area (Å²) in [5.41, 5.74) is 1.16. The van der Waals surface area contributed by atoms with Crippen molar-refractivity contribution in [3.63, 3.8) is 0 Å². The van der Waals surface area contributed by atoms with Crippen LogP contribution in [0.5, 0.6) is 0 Å². The monoisotopic (exact) mass is 391 g/mol. The smallest absolute Gasteiger partial charge is 0.266 e. The van der Waals surface area contributed by atoms with Gasteiger partial charge >= 0.3 is 0 Å². The fraction of sp³-hybridized carbons (Fsp3) is 0. The van der Waals surface area contributed by atoms with E-state index in [4.69, 9.17) is 12.2 Å². The molecule has 0 fully saturated rings. The minimum Gasteiger partial charge on any atom is -0.331 e. The molecule has 0 atom stereocenters. The largest absolute Gasteiger partial charge is 0.331 e. The van der Waals surface area contributed by atoms with Crippen LogP contribution in [-0.4, -0.2) is 15.5 Å². The van der Waals surface area contributed by atoms with E-state index in [1.165, 1.54) is 28.8 Å². The van der Waals surface area contributed by atoms with Crippen molar-refractivity contribution in [2.75, 3.05) is 5.32 Å². The summed E-state index contributed by atoms with van der Waals surface area (Å²) in [7, 11) is 0. The molecule has 28 heavy (non-hydrogen) atoms. The molecule has 0 radical (unpaired) electrons. The maximum absolute atomic E-state index is 13.8. The lowest BCUT2D eigenvalue weighted by Crippen LogP contribution is -2.21. The number of amides is 1. The Labute approximate surface area is 164 Å². The average Bonchev–Trinajstić information content (AvgIpc) is 2.70. The number of H-pyrrole nitrogens is 1. The summed E-state index contributed by atoms with van der Waals surface area (Å²) in [5.74, 6) is -1.01. The van der Waals surface area contributed by atoms with Gasteiger partial charge in [0, 0.05) is 5.56 Å². The van der Waals surface area contributed by atoms with Gasteiger partial charge in [0.2, 0.25) is 0 Å². The molecule has 1 amide bonds. The number of aromatic nitrogens is 2. The number of carbonyl (C=O) groups excluding carboxylic acids is 1. The van der Waals surface area contributed by atoms with Gasteiger partial charge in [-0.25, -0.2) is 4.39 Å². The SMILES string of the molecule is O=C(Nc1ccccc1F)c1ccc2c(=O)n(-c3ccccc3)c(=S)[nH]c2c1. The number of para-hydroxylation sites is 2. The molecular weight excluding hydrogens is 377 g/mol. The fourth-order valence-corrected chi connectivity index (χ4v) is 3.23. The number of fused-ring (bicyclic) bond motifs is 1. The van der Waals surface area contributed by atoms with Gasteiger partial charge < -0.3 is 10.3 Å². The third-order valence-corrected chi connectivity index (χ3v) is 4.58. The molecule has 0 saturated heterocycles. The van der Waals surface area contributed by atoms with Crippen LogP contribution in [0.15, 0.2) is 77.6 Å². The van der Waals surface area contributed by atoms with E-state index in [2.05, 4.69) is 10.3 Å². The van der Waals surface area contributed by atoms with Crippen LogP contribution in [0, 0.1) is 10.6 Å². The Balaban J connectivity index is 1.76. The summed E-state index contributed by atoms with van der Waals surface area (Å²) < 4.78 is 15.4. The summed E-state index contributed by atoms with van der Waals surface area (Å²) in [6.45, 7) is 0. The van der Waals surface area contributed by atoms with Crippen molar-refractivity contribution in [2.24, 2.45) is 0 Å². The molecule has 7 heteroatoms. The molecule has 5 nitrogen and oxygen atoms in total. The minimum absolute atomic E-state index is 0.0834. The van der Waals surface area contributed by atoms with Gasteiger partial charge in [0.05, 0.1) is 22.3 Å². The van der Waals surface area contributed by atoms with Gasteiger partial charge in [-0.05, 0) is 54.7 Å². The Morgan fingerprint density at radius 3 is 2.46 bits per heavy atom. The highest BCUT2D eigenvalue weighted by atomic mass is 32.1. The lowest BCUT2D eigenvalue weighted by atomic mass is 10.1. The summed E-state index contributed by atoms with van der Waals surface area (Å²) in [6.07, 6.45) is 0. The molecule has 4 rings (SSSR count). The Hall–Kier alpha value is -3.58. The van der Waals surface area contributed by atoms with Crippen LogP contribution in [0.1, 0.15) is 10.4 Å². The quantitative estimate of drug-likeness (QED) is 0.508.